The minimum Gasteiger partial charge on any atom is -0.462 e. The number of hydrogen-bond donors (Lipinski definition) is 2. The molecule has 1 rings (SSSR count). The molecular weight excluding hydrogens is 272 g/mol. The minimum atomic E-state index is -0.504. The van der Waals surface area contributed by atoms with E-state index in [0.29, 0.717) is 18.9 Å². The Kier molecular flexibility index (Phi) is 6.45. The van der Waals surface area contributed by atoms with E-state index in [1.54, 1.807) is 11.8 Å². The summed E-state index contributed by atoms with van der Waals surface area (Å²) in [5.74, 6) is -0.125. The topological polar surface area (TPSA) is 97.5 Å². The van der Waals surface area contributed by atoms with Crippen LogP contribution in [0.5, 0.6) is 0 Å². The van der Waals surface area contributed by atoms with Crippen LogP contribution in [-0.4, -0.2) is 48.0 Å². The summed E-state index contributed by atoms with van der Waals surface area (Å²) in [6, 6.07) is 1.49. The summed E-state index contributed by atoms with van der Waals surface area (Å²) >= 11 is 0. The Hall–Kier alpha value is -2.31. The van der Waals surface area contributed by atoms with Crippen molar-refractivity contribution in [3.63, 3.8) is 0 Å². The Morgan fingerprint density at radius 1 is 1.33 bits per heavy atom. The molecule has 0 fully saturated rings. The van der Waals surface area contributed by atoms with Crippen LogP contribution in [0.1, 0.15) is 31.1 Å². The lowest BCUT2D eigenvalue weighted by atomic mass is 10.2. The number of aromatic nitrogens is 1. The number of anilines is 2. The third-order valence-electron chi connectivity index (χ3n) is 2.97. The Labute approximate surface area is 124 Å². The second-order valence-electron chi connectivity index (χ2n) is 4.30. The first-order valence-corrected chi connectivity index (χ1v) is 6.97. The number of hydrogen-bond acceptors (Lipinski definition) is 6. The van der Waals surface area contributed by atoms with E-state index < -0.39 is 5.97 Å². The number of pyridine rings is 1. The second-order valence-corrected chi connectivity index (χ2v) is 4.30. The average Bonchev–Trinajstić information content (AvgIpc) is 2.47. The number of amides is 1. The predicted molar refractivity (Wildman–Crippen MR) is 81.0 cm³/mol. The summed E-state index contributed by atoms with van der Waals surface area (Å²) < 4.78 is 4.91. The maximum Gasteiger partial charge on any atom is 0.340 e. The van der Waals surface area contributed by atoms with E-state index in [1.165, 1.54) is 12.3 Å². The van der Waals surface area contributed by atoms with Gasteiger partial charge in [-0.25, -0.2) is 9.78 Å². The van der Waals surface area contributed by atoms with Crippen molar-refractivity contribution in [2.75, 3.05) is 37.3 Å². The molecule has 0 spiro atoms. The predicted octanol–water partition coefficient (Wildman–Crippen LogP) is 1.12. The van der Waals surface area contributed by atoms with Crippen LogP contribution in [0, 0.1) is 0 Å². The molecule has 1 heterocycles. The van der Waals surface area contributed by atoms with E-state index in [0.717, 1.165) is 0 Å². The lowest BCUT2D eigenvalue weighted by Crippen LogP contribution is -2.35. The minimum absolute atomic E-state index is 0.0312. The van der Waals surface area contributed by atoms with Crippen LogP contribution in [0.2, 0.25) is 0 Å². The SMILES string of the molecule is CCOC(=O)c1cc(NCC(=O)N(CC)CC)ncc1N. The molecule has 7 nitrogen and oxygen atoms in total. The van der Waals surface area contributed by atoms with Crippen LogP contribution in [0.15, 0.2) is 12.3 Å². The number of nitrogens with one attached hydrogen (secondary N) is 1. The zero-order valence-electron chi connectivity index (χ0n) is 12.7. The van der Waals surface area contributed by atoms with Crippen molar-refractivity contribution in [1.82, 2.24) is 9.88 Å². The summed E-state index contributed by atoms with van der Waals surface area (Å²) in [4.78, 5) is 29.4. The van der Waals surface area contributed by atoms with Gasteiger partial charge in [0.25, 0.3) is 0 Å². The lowest BCUT2D eigenvalue weighted by molar-refractivity contribution is -0.128. The molecule has 0 saturated heterocycles. The van der Waals surface area contributed by atoms with Gasteiger partial charge in [-0.05, 0) is 26.8 Å². The van der Waals surface area contributed by atoms with E-state index in [2.05, 4.69) is 10.3 Å². The highest BCUT2D eigenvalue weighted by atomic mass is 16.5. The quantitative estimate of drug-likeness (QED) is 0.731. The number of nitrogens with two attached hydrogens (primary N) is 1. The van der Waals surface area contributed by atoms with Gasteiger partial charge in [0.1, 0.15) is 5.82 Å². The highest BCUT2D eigenvalue weighted by Crippen LogP contribution is 2.16. The second kappa shape index (κ2) is 8.08. The molecule has 116 valence electrons. The van der Waals surface area contributed by atoms with Crippen molar-refractivity contribution in [3.8, 4) is 0 Å². The van der Waals surface area contributed by atoms with Gasteiger partial charge in [-0.15, -0.1) is 0 Å². The zero-order valence-corrected chi connectivity index (χ0v) is 12.7. The van der Waals surface area contributed by atoms with Gasteiger partial charge in [0.15, 0.2) is 0 Å². The number of likely N-dealkylation sites (N-methyl/N-ethyl adjacent to an activating group) is 1. The summed E-state index contributed by atoms with van der Waals surface area (Å²) in [6.45, 7) is 7.24. The monoisotopic (exact) mass is 294 g/mol. The maximum absolute atomic E-state index is 11.9. The molecule has 0 aliphatic carbocycles. The molecule has 1 aromatic rings. The lowest BCUT2D eigenvalue weighted by Gasteiger charge is -2.19. The molecule has 0 saturated carbocycles. The van der Waals surface area contributed by atoms with Crippen LogP contribution in [0.3, 0.4) is 0 Å². The molecule has 0 aliphatic heterocycles. The van der Waals surface area contributed by atoms with Gasteiger partial charge in [-0.2, -0.15) is 0 Å². The number of ether oxygens (including phenoxy) is 1. The molecule has 21 heavy (non-hydrogen) atoms. The van der Waals surface area contributed by atoms with Gasteiger partial charge in [-0.3, -0.25) is 4.79 Å². The standard InChI is InChI=1S/C14H22N4O3/c1-4-18(5-2)13(19)9-17-12-7-10(11(15)8-16-12)14(20)21-6-3/h7-8H,4-6,9,15H2,1-3H3,(H,16,17). The van der Waals surface area contributed by atoms with Gasteiger partial charge < -0.3 is 20.7 Å². The Bertz CT molecular complexity index is 501. The summed E-state index contributed by atoms with van der Waals surface area (Å²) in [7, 11) is 0. The van der Waals surface area contributed by atoms with Crippen LogP contribution in [0.4, 0.5) is 11.5 Å². The maximum atomic E-state index is 11.9. The van der Waals surface area contributed by atoms with E-state index in [4.69, 9.17) is 10.5 Å². The molecule has 1 amide bonds. The first-order valence-electron chi connectivity index (χ1n) is 6.97. The number of rotatable bonds is 7. The molecule has 0 unspecified atom stereocenters. The molecule has 0 atom stereocenters. The first-order chi connectivity index (χ1) is 10.0. The Morgan fingerprint density at radius 3 is 2.57 bits per heavy atom. The average molecular weight is 294 g/mol. The highest BCUT2D eigenvalue weighted by molar-refractivity contribution is 5.95. The molecule has 0 aliphatic rings. The van der Waals surface area contributed by atoms with Crippen molar-refractivity contribution < 1.29 is 14.3 Å². The Morgan fingerprint density at radius 2 is 2.00 bits per heavy atom. The fraction of sp³-hybridized carbons (Fsp3) is 0.500. The van der Waals surface area contributed by atoms with Gasteiger partial charge >= 0.3 is 5.97 Å². The third kappa shape index (κ3) is 4.62. The van der Waals surface area contributed by atoms with E-state index in [9.17, 15) is 9.59 Å². The number of esters is 1. The van der Waals surface area contributed by atoms with Crippen LogP contribution in [-0.2, 0) is 9.53 Å². The number of carbonyl (C=O) groups is 2. The number of nitrogens with zero attached hydrogens (tertiary/aromatic N) is 2. The molecule has 0 radical (unpaired) electrons. The van der Waals surface area contributed by atoms with Crippen molar-refractivity contribution in [2.24, 2.45) is 0 Å². The number of nitrogen functional groups attached to an aromatic ring is 1. The van der Waals surface area contributed by atoms with Gasteiger partial charge in [-0.1, -0.05) is 0 Å². The van der Waals surface area contributed by atoms with Crippen molar-refractivity contribution in [3.05, 3.63) is 17.8 Å². The van der Waals surface area contributed by atoms with Crippen molar-refractivity contribution in [1.29, 1.82) is 0 Å². The molecule has 0 bridgehead atoms. The van der Waals surface area contributed by atoms with E-state index in [-0.39, 0.29) is 30.3 Å². The fourth-order valence-electron chi connectivity index (χ4n) is 1.80. The summed E-state index contributed by atoms with van der Waals surface area (Å²) in [5, 5.41) is 2.89. The third-order valence-corrected chi connectivity index (χ3v) is 2.97. The van der Waals surface area contributed by atoms with Crippen LogP contribution in [0.25, 0.3) is 0 Å². The molecular formula is C14H22N4O3. The first kappa shape index (κ1) is 16.7. The normalized spacial score (nSPS) is 10.0. The van der Waals surface area contributed by atoms with Gasteiger partial charge in [0.05, 0.1) is 30.6 Å². The number of carbonyl (C=O) groups excluding carboxylic acids is 2. The fourth-order valence-corrected chi connectivity index (χ4v) is 1.80. The van der Waals surface area contributed by atoms with Crippen molar-refractivity contribution >= 4 is 23.4 Å². The summed E-state index contributed by atoms with van der Waals surface area (Å²) in [6.07, 6.45) is 1.37. The highest BCUT2D eigenvalue weighted by Gasteiger charge is 2.14. The summed E-state index contributed by atoms with van der Waals surface area (Å²) in [5.41, 5.74) is 6.19. The van der Waals surface area contributed by atoms with Gasteiger partial charge in [0, 0.05) is 13.1 Å². The smallest absolute Gasteiger partial charge is 0.340 e. The van der Waals surface area contributed by atoms with E-state index in [1.807, 2.05) is 13.8 Å². The molecule has 1 aromatic heterocycles. The van der Waals surface area contributed by atoms with Crippen LogP contribution >= 0.6 is 0 Å². The molecule has 3 N–H and O–H groups in total. The van der Waals surface area contributed by atoms with Gasteiger partial charge in [0.2, 0.25) is 5.91 Å². The zero-order chi connectivity index (χ0) is 15.8. The van der Waals surface area contributed by atoms with Crippen molar-refractivity contribution in [2.45, 2.75) is 20.8 Å². The van der Waals surface area contributed by atoms with E-state index >= 15 is 0 Å². The largest absolute Gasteiger partial charge is 0.462 e. The van der Waals surface area contributed by atoms with Crippen LogP contribution < -0.4 is 11.1 Å². The molecule has 7 heteroatoms. The Balaban J connectivity index is 2.74. The molecule has 0 aromatic carbocycles.